The molecule has 3 saturated heterocycles. The molecule has 0 unspecified atom stereocenters. The molecule has 2 aromatic carbocycles. The molecule has 166 valence electrons. The number of hydrogen-bond acceptors (Lipinski definition) is 7. The lowest BCUT2D eigenvalue weighted by Gasteiger charge is -2.52. The lowest BCUT2D eigenvalue weighted by Crippen LogP contribution is -2.70. The first-order valence-corrected chi connectivity index (χ1v) is 10.7. The van der Waals surface area contributed by atoms with Crippen LogP contribution in [0.1, 0.15) is 25.0 Å². The fraction of sp³-hybridized carbons (Fsp3) is 0.333. The van der Waals surface area contributed by atoms with E-state index in [4.69, 9.17) is 14.2 Å². The zero-order valence-electron chi connectivity index (χ0n) is 17.7. The van der Waals surface area contributed by atoms with Crippen molar-refractivity contribution in [2.75, 3.05) is 9.80 Å². The molecule has 6 atom stereocenters. The van der Waals surface area contributed by atoms with Gasteiger partial charge in [0, 0.05) is 25.0 Å². The van der Waals surface area contributed by atoms with Gasteiger partial charge in [0.25, 0.3) is 11.8 Å². The summed E-state index contributed by atoms with van der Waals surface area (Å²) in [4.78, 5) is 53.7. The van der Waals surface area contributed by atoms with Gasteiger partial charge in [0.1, 0.15) is 12.2 Å². The second-order valence-electron chi connectivity index (χ2n) is 8.98. The fourth-order valence-electron chi connectivity index (χ4n) is 6.23. The van der Waals surface area contributed by atoms with Crippen LogP contribution < -0.4 is 9.80 Å². The van der Waals surface area contributed by atoms with Crippen LogP contribution >= 0.6 is 0 Å². The molecule has 0 saturated carbocycles. The summed E-state index contributed by atoms with van der Waals surface area (Å²) < 4.78 is 18.5. The molecule has 3 fully saturated rings. The standard InChI is InChI=1S/C24H18N2O7/c1-11(27)25-15-9-5-3-7-13(15)23(21(25)29)17-18-19(31-20(17)33-23)24(32-18)14-8-4-6-10-16(14)26(12(2)28)22(24)30/h3-10,17-20H,1-2H3/t17-,18+,19-,20-,23+,24-/m1/s1. The topological polar surface area (TPSA) is 102 Å². The molecule has 2 aromatic rings. The molecule has 0 radical (unpaired) electrons. The van der Waals surface area contributed by atoms with Gasteiger partial charge in [-0.05, 0) is 12.1 Å². The van der Waals surface area contributed by atoms with Gasteiger partial charge >= 0.3 is 0 Å². The SMILES string of the molecule is CC(=O)N1C(=O)[C@@]2(O[C@H]3[C@@H]4[C@H](O[C@H]32)O[C@]42C(=O)N(C(C)=O)c3ccccc32)c2ccccc21. The van der Waals surface area contributed by atoms with Crippen molar-refractivity contribution in [3.05, 3.63) is 59.7 Å². The van der Waals surface area contributed by atoms with Crippen molar-refractivity contribution in [2.45, 2.75) is 43.5 Å². The number of anilines is 2. The van der Waals surface area contributed by atoms with Gasteiger partial charge in [-0.1, -0.05) is 36.4 Å². The van der Waals surface area contributed by atoms with Gasteiger partial charge in [-0.2, -0.15) is 0 Å². The molecule has 0 aliphatic carbocycles. The van der Waals surface area contributed by atoms with Crippen LogP contribution in [0, 0.1) is 5.92 Å². The lowest BCUT2D eigenvalue weighted by molar-refractivity contribution is -0.314. The van der Waals surface area contributed by atoms with Gasteiger partial charge in [0.15, 0.2) is 11.9 Å². The Hall–Kier alpha value is -3.40. The summed E-state index contributed by atoms with van der Waals surface area (Å²) in [7, 11) is 0. The van der Waals surface area contributed by atoms with Crippen molar-refractivity contribution in [3.8, 4) is 0 Å². The zero-order valence-corrected chi connectivity index (χ0v) is 17.7. The summed E-state index contributed by atoms with van der Waals surface area (Å²) in [6.07, 6.45) is -2.11. The van der Waals surface area contributed by atoms with Gasteiger partial charge in [0.2, 0.25) is 17.4 Å². The molecule has 2 spiro atoms. The van der Waals surface area contributed by atoms with Crippen LogP contribution in [0.15, 0.2) is 48.5 Å². The molecular formula is C24H18N2O7. The summed E-state index contributed by atoms with van der Waals surface area (Å²) in [6.45, 7) is 2.66. The molecular weight excluding hydrogens is 428 g/mol. The first-order chi connectivity index (χ1) is 15.8. The van der Waals surface area contributed by atoms with Crippen LogP contribution in [0.25, 0.3) is 0 Å². The summed E-state index contributed by atoms with van der Waals surface area (Å²) in [6, 6.07) is 14.0. The van der Waals surface area contributed by atoms with E-state index in [0.717, 1.165) is 9.80 Å². The van der Waals surface area contributed by atoms with Gasteiger partial charge in [-0.3, -0.25) is 19.2 Å². The molecule has 0 N–H and O–H groups in total. The van der Waals surface area contributed by atoms with E-state index in [1.807, 2.05) is 0 Å². The van der Waals surface area contributed by atoms with Crippen molar-refractivity contribution in [1.29, 1.82) is 0 Å². The van der Waals surface area contributed by atoms with Crippen molar-refractivity contribution in [3.63, 3.8) is 0 Å². The number of carbonyl (C=O) groups is 4. The molecule has 0 aromatic heterocycles. The third kappa shape index (κ3) is 1.85. The van der Waals surface area contributed by atoms with Crippen LogP contribution in [0.2, 0.25) is 0 Å². The minimum Gasteiger partial charge on any atom is -0.351 e. The fourth-order valence-corrected chi connectivity index (χ4v) is 6.23. The number of nitrogens with zero attached hydrogens (tertiary/aromatic N) is 2. The Kier molecular flexibility index (Phi) is 3.32. The van der Waals surface area contributed by atoms with E-state index in [1.165, 1.54) is 13.8 Å². The number of imide groups is 2. The molecule has 5 heterocycles. The Balaban J connectivity index is 1.31. The normalized spacial score (nSPS) is 36.9. The van der Waals surface area contributed by atoms with Crippen LogP contribution in [-0.2, 0) is 44.6 Å². The van der Waals surface area contributed by atoms with Crippen molar-refractivity contribution in [1.82, 2.24) is 0 Å². The minimum absolute atomic E-state index is 0.408. The number of para-hydroxylation sites is 2. The number of ether oxygens (including phenoxy) is 3. The summed E-state index contributed by atoms with van der Waals surface area (Å²) in [5, 5.41) is 0. The third-order valence-electron chi connectivity index (χ3n) is 7.48. The zero-order chi connectivity index (χ0) is 22.9. The summed E-state index contributed by atoms with van der Waals surface area (Å²) in [5.41, 5.74) is -0.770. The highest BCUT2D eigenvalue weighted by atomic mass is 16.8. The number of fused-ring (bicyclic) bond motifs is 9. The second kappa shape index (κ2) is 5.74. The summed E-state index contributed by atoms with van der Waals surface area (Å²) in [5.74, 6) is -2.33. The van der Waals surface area contributed by atoms with Crippen LogP contribution in [0.5, 0.6) is 0 Å². The number of rotatable bonds is 0. The maximum Gasteiger partial charge on any atom is 0.273 e. The monoisotopic (exact) mass is 446 g/mol. The van der Waals surface area contributed by atoms with Crippen molar-refractivity contribution < 1.29 is 33.4 Å². The molecule has 7 rings (SSSR count). The van der Waals surface area contributed by atoms with Crippen LogP contribution in [0.4, 0.5) is 11.4 Å². The summed E-state index contributed by atoms with van der Waals surface area (Å²) >= 11 is 0. The lowest BCUT2D eigenvalue weighted by atomic mass is 9.68. The maximum atomic E-state index is 13.5. The maximum absolute atomic E-state index is 13.5. The Bertz CT molecular complexity index is 1320. The highest BCUT2D eigenvalue weighted by Crippen LogP contribution is 2.67. The van der Waals surface area contributed by atoms with E-state index in [0.29, 0.717) is 22.5 Å². The van der Waals surface area contributed by atoms with Gasteiger partial charge in [-0.25, -0.2) is 9.80 Å². The molecule has 5 aliphatic rings. The first-order valence-electron chi connectivity index (χ1n) is 10.7. The largest absolute Gasteiger partial charge is 0.351 e. The van der Waals surface area contributed by atoms with Gasteiger partial charge < -0.3 is 14.2 Å². The van der Waals surface area contributed by atoms with E-state index in [9.17, 15) is 19.2 Å². The predicted octanol–water partition coefficient (Wildman–Crippen LogP) is 1.33. The minimum atomic E-state index is -1.46. The molecule has 33 heavy (non-hydrogen) atoms. The number of hydrogen-bond donors (Lipinski definition) is 0. The Morgan fingerprint density at radius 1 is 0.788 bits per heavy atom. The highest BCUT2D eigenvalue weighted by Gasteiger charge is 2.83. The number of amides is 4. The molecule has 5 aliphatic heterocycles. The van der Waals surface area contributed by atoms with E-state index in [1.54, 1.807) is 48.5 Å². The smallest absolute Gasteiger partial charge is 0.273 e. The molecule has 4 amide bonds. The van der Waals surface area contributed by atoms with E-state index in [2.05, 4.69) is 0 Å². The van der Waals surface area contributed by atoms with E-state index < -0.39 is 59.2 Å². The van der Waals surface area contributed by atoms with Gasteiger partial charge in [0.05, 0.1) is 17.3 Å². The Morgan fingerprint density at radius 2 is 1.30 bits per heavy atom. The molecule has 9 nitrogen and oxygen atoms in total. The van der Waals surface area contributed by atoms with Gasteiger partial charge in [-0.15, -0.1) is 0 Å². The van der Waals surface area contributed by atoms with Crippen LogP contribution in [0.3, 0.4) is 0 Å². The highest BCUT2D eigenvalue weighted by molar-refractivity contribution is 6.23. The van der Waals surface area contributed by atoms with Crippen LogP contribution in [-0.4, -0.2) is 42.1 Å². The first kappa shape index (κ1) is 19.1. The van der Waals surface area contributed by atoms with E-state index >= 15 is 0 Å². The second-order valence-corrected chi connectivity index (χ2v) is 8.98. The predicted molar refractivity (Wildman–Crippen MR) is 111 cm³/mol. The van der Waals surface area contributed by atoms with Crippen molar-refractivity contribution in [2.24, 2.45) is 5.92 Å². The average Bonchev–Trinajstić information content (AvgIpc) is 3.28. The average molecular weight is 446 g/mol. The third-order valence-corrected chi connectivity index (χ3v) is 7.48. The Labute approximate surface area is 187 Å². The molecule has 0 bridgehead atoms. The number of carbonyl (C=O) groups excluding carboxylic acids is 4. The van der Waals surface area contributed by atoms with E-state index in [-0.39, 0.29) is 0 Å². The number of benzene rings is 2. The van der Waals surface area contributed by atoms with Crippen molar-refractivity contribution >= 4 is 35.0 Å². The molecule has 9 heteroatoms. The quantitative estimate of drug-likeness (QED) is 0.602. The Morgan fingerprint density at radius 3 is 1.88 bits per heavy atom.